The van der Waals surface area contributed by atoms with E-state index in [0.717, 1.165) is 42.9 Å². The third-order valence-corrected chi connectivity index (χ3v) is 6.06. The van der Waals surface area contributed by atoms with E-state index in [0.29, 0.717) is 12.8 Å². The molecule has 0 bridgehead atoms. The Morgan fingerprint density at radius 1 is 1.27 bits per heavy atom. The second kappa shape index (κ2) is 5.98. The van der Waals surface area contributed by atoms with Crippen LogP contribution in [0.5, 0.6) is 0 Å². The highest BCUT2D eigenvalue weighted by Crippen LogP contribution is 2.59. The molecule has 5 heteroatoms. The van der Waals surface area contributed by atoms with Gasteiger partial charge in [-0.3, -0.25) is 9.48 Å². The number of hydrogen-bond acceptors (Lipinski definition) is 3. The monoisotopic (exact) mass is 348 g/mol. The van der Waals surface area contributed by atoms with Crippen LogP contribution in [-0.2, 0) is 23.7 Å². The Bertz CT molecular complexity index is 844. The van der Waals surface area contributed by atoms with Crippen LogP contribution in [0.15, 0.2) is 36.4 Å². The van der Waals surface area contributed by atoms with Crippen molar-refractivity contribution in [2.75, 3.05) is 13.1 Å². The summed E-state index contributed by atoms with van der Waals surface area (Å²) in [5, 5.41) is 14.1. The van der Waals surface area contributed by atoms with Gasteiger partial charge in [0.15, 0.2) is 0 Å². The van der Waals surface area contributed by atoms with Gasteiger partial charge < -0.3 is 4.90 Å². The van der Waals surface area contributed by atoms with E-state index in [1.54, 1.807) is 0 Å². The zero-order valence-corrected chi connectivity index (χ0v) is 15.4. The van der Waals surface area contributed by atoms with Crippen molar-refractivity contribution in [1.29, 1.82) is 5.26 Å². The lowest BCUT2D eigenvalue weighted by molar-refractivity contribution is -0.154. The first-order chi connectivity index (χ1) is 12.5. The number of nitrogens with zero attached hydrogens (tertiary/aromatic N) is 4. The standard InChI is InChI=1S/C21H24N4O/c1-16-10-18(23-24(16)2)8-9-19(26)25-14-20(15-25)11-21(12-20,13-22)17-6-4-3-5-7-17/h3-7,10H,8-9,11-12,14-15H2,1-2H3. The molecule has 1 aromatic heterocycles. The molecule has 5 nitrogen and oxygen atoms in total. The molecular formula is C21H24N4O. The Hall–Kier alpha value is -2.61. The molecule has 2 heterocycles. The molecule has 0 N–H and O–H groups in total. The molecular weight excluding hydrogens is 324 g/mol. The van der Waals surface area contributed by atoms with Crippen molar-refractivity contribution in [3.8, 4) is 6.07 Å². The summed E-state index contributed by atoms with van der Waals surface area (Å²) >= 11 is 0. The molecule has 1 saturated carbocycles. The van der Waals surface area contributed by atoms with Gasteiger partial charge in [-0.15, -0.1) is 0 Å². The van der Waals surface area contributed by atoms with Crippen molar-refractivity contribution in [1.82, 2.24) is 14.7 Å². The van der Waals surface area contributed by atoms with Crippen LogP contribution < -0.4 is 0 Å². The molecule has 2 fully saturated rings. The molecule has 26 heavy (non-hydrogen) atoms. The number of hydrogen-bond donors (Lipinski definition) is 0. The van der Waals surface area contributed by atoms with E-state index in [9.17, 15) is 10.1 Å². The highest BCUT2D eigenvalue weighted by Gasteiger charge is 2.61. The molecule has 2 aromatic rings. The molecule has 1 saturated heterocycles. The zero-order chi connectivity index (χ0) is 18.4. The third kappa shape index (κ3) is 2.70. The van der Waals surface area contributed by atoms with Crippen LogP contribution in [0.2, 0.25) is 0 Å². The smallest absolute Gasteiger partial charge is 0.222 e. The Morgan fingerprint density at radius 2 is 1.96 bits per heavy atom. The molecule has 4 rings (SSSR count). The van der Waals surface area contributed by atoms with Crippen LogP contribution in [0.3, 0.4) is 0 Å². The second-order valence-corrected chi connectivity index (χ2v) is 8.06. The Kier molecular flexibility index (Phi) is 3.87. The summed E-state index contributed by atoms with van der Waals surface area (Å²) in [6, 6.07) is 14.6. The lowest BCUT2D eigenvalue weighted by Crippen LogP contribution is -2.67. The molecule has 0 atom stereocenters. The maximum atomic E-state index is 12.4. The molecule has 1 aromatic carbocycles. The van der Waals surface area contributed by atoms with Gasteiger partial charge in [-0.05, 0) is 31.4 Å². The molecule has 1 amide bonds. The number of benzene rings is 1. The average Bonchev–Trinajstić information content (AvgIpc) is 2.90. The minimum atomic E-state index is -0.359. The van der Waals surface area contributed by atoms with Crippen molar-refractivity contribution in [2.45, 2.75) is 38.0 Å². The Balaban J connectivity index is 1.30. The van der Waals surface area contributed by atoms with E-state index < -0.39 is 0 Å². The summed E-state index contributed by atoms with van der Waals surface area (Å²) in [6.07, 6.45) is 2.93. The fraction of sp³-hybridized carbons (Fsp3) is 0.476. The molecule has 2 aliphatic rings. The summed E-state index contributed by atoms with van der Waals surface area (Å²) in [7, 11) is 1.92. The molecule has 1 aliphatic carbocycles. The maximum absolute atomic E-state index is 12.4. The molecule has 134 valence electrons. The second-order valence-electron chi connectivity index (χ2n) is 8.06. The number of likely N-dealkylation sites (tertiary alicyclic amines) is 1. The average molecular weight is 348 g/mol. The predicted molar refractivity (Wildman–Crippen MR) is 98.2 cm³/mol. The SMILES string of the molecule is Cc1cc(CCC(=O)N2CC3(C2)CC(C#N)(c2ccccc2)C3)nn1C. The zero-order valence-electron chi connectivity index (χ0n) is 15.4. The van der Waals surface area contributed by atoms with Crippen LogP contribution >= 0.6 is 0 Å². The lowest BCUT2D eigenvalue weighted by atomic mass is 9.48. The van der Waals surface area contributed by atoms with Gasteiger partial charge in [0.2, 0.25) is 5.91 Å². The summed E-state index contributed by atoms with van der Waals surface area (Å²) in [4.78, 5) is 14.4. The van der Waals surface area contributed by atoms with Crippen LogP contribution in [0, 0.1) is 23.7 Å². The Morgan fingerprint density at radius 3 is 2.54 bits per heavy atom. The summed E-state index contributed by atoms with van der Waals surface area (Å²) in [6.45, 7) is 3.61. The number of aromatic nitrogens is 2. The topological polar surface area (TPSA) is 61.9 Å². The van der Waals surface area contributed by atoms with Gasteiger partial charge in [-0.25, -0.2) is 0 Å². The van der Waals surface area contributed by atoms with E-state index in [1.165, 1.54) is 0 Å². The first kappa shape index (κ1) is 16.8. The van der Waals surface area contributed by atoms with Gasteiger partial charge in [0.1, 0.15) is 0 Å². The fourth-order valence-corrected chi connectivity index (χ4v) is 4.65. The highest BCUT2D eigenvalue weighted by atomic mass is 16.2. The van der Waals surface area contributed by atoms with Gasteiger partial charge in [-0.1, -0.05) is 30.3 Å². The van der Waals surface area contributed by atoms with Crippen LogP contribution in [-0.4, -0.2) is 33.7 Å². The van der Waals surface area contributed by atoms with Crippen LogP contribution in [0.1, 0.15) is 36.2 Å². The van der Waals surface area contributed by atoms with E-state index in [4.69, 9.17) is 0 Å². The van der Waals surface area contributed by atoms with Crippen LogP contribution in [0.25, 0.3) is 0 Å². The number of amides is 1. The largest absolute Gasteiger partial charge is 0.341 e. The van der Waals surface area contributed by atoms with E-state index in [2.05, 4.69) is 11.2 Å². The highest BCUT2D eigenvalue weighted by molar-refractivity contribution is 5.77. The molecule has 1 aliphatic heterocycles. The molecule has 0 radical (unpaired) electrons. The number of carbonyl (C=O) groups excluding carboxylic acids is 1. The van der Waals surface area contributed by atoms with Gasteiger partial charge in [0, 0.05) is 44.1 Å². The molecule has 1 spiro atoms. The van der Waals surface area contributed by atoms with Crippen molar-refractivity contribution < 1.29 is 4.79 Å². The lowest BCUT2D eigenvalue weighted by Gasteiger charge is -2.62. The summed E-state index contributed by atoms with van der Waals surface area (Å²) in [5.74, 6) is 0.202. The quantitative estimate of drug-likeness (QED) is 0.853. The number of rotatable bonds is 4. The van der Waals surface area contributed by atoms with Crippen molar-refractivity contribution in [3.05, 3.63) is 53.3 Å². The van der Waals surface area contributed by atoms with Crippen LogP contribution in [0.4, 0.5) is 0 Å². The normalized spacial score (nSPS) is 19.5. The Labute approximate surface area is 154 Å². The third-order valence-electron chi connectivity index (χ3n) is 6.06. The van der Waals surface area contributed by atoms with Gasteiger partial charge in [0.25, 0.3) is 0 Å². The van der Waals surface area contributed by atoms with Gasteiger partial charge in [-0.2, -0.15) is 10.4 Å². The summed E-state index contributed by atoms with van der Waals surface area (Å²) < 4.78 is 1.85. The number of aryl methyl sites for hydroxylation is 3. The summed E-state index contributed by atoms with van der Waals surface area (Å²) in [5.41, 5.74) is 3.00. The maximum Gasteiger partial charge on any atom is 0.222 e. The van der Waals surface area contributed by atoms with E-state index in [-0.39, 0.29) is 16.7 Å². The van der Waals surface area contributed by atoms with Gasteiger partial charge in [0.05, 0.1) is 17.2 Å². The van der Waals surface area contributed by atoms with Crippen molar-refractivity contribution >= 4 is 5.91 Å². The number of carbonyl (C=O) groups is 1. The van der Waals surface area contributed by atoms with Crippen molar-refractivity contribution in [3.63, 3.8) is 0 Å². The minimum absolute atomic E-state index is 0.156. The first-order valence-corrected chi connectivity index (χ1v) is 9.19. The minimum Gasteiger partial charge on any atom is -0.341 e. The number of nitriles is 1. The van der Waals surface area contributed by atoms with E-state index in [1.807, 2.05) is 60.0 Å². The van der Waals surface area contributed by atoms with Crippen molar-refractivity contribution in [2.24, 2.45) is 12.5 Å². The first-order valence-electron chi connectivity index (χ1n) is 9.19. The predicted octanol–water partition coefficient (Wildman–Crippen LogP) is 2.75. The van der Waals surface area contributed by atoms with E-state index >= 15 is 0 Å². The van der Waals surface area contributed by atoms with Gasteiger partial charge >= 0.3 is 0 Å². The molecule has 0 unspecified atom stereocenters. The fourth-order valence-electron chi connectivity index (χ4n) is 4.65.